The molecule has 4 nitrogen and oxygen atoms in total. The molecule has 0 aromatic rings. The Morgan fingerprint density at radius 2 is 1.67 bits per heavy atom. The first-order chi connectivity index (χ1) is 5.29. The normalized spacial score (nSPS) is 11.5. The van der Waals surface area contributed by atoms with Gasteiger partial charge in [-0.1, -0.05) is 6.58 Å². The van der Waals surface area contributed by atoms with E-state index in [4.69, 9.17) is 11.5 Å². The first-order valence-electron chi connectivity index (χ1n) is 3.64. The molecule has 0 aliphatic rings. The van der Waals surface area contributed by atoms with Gasteiger partial charge in [0.1, 0.15) is 0 Å². The summed E-state index contributed by atoms with van der Waals surface area (Å²) in [5.41, 5.74) is 10.3. The van der Waals surface area contributed by atoms with Crippen LogP contribution < -0.4 is 11.5 Å². The van der Waals surface area contributed by atoms with Crippen LogP contribution in [0.1, 0.15) is 6.92 Å². The molecule has 0 rings (SSSR count). The summed E-state index contributed by atoms with van der Waals surface area (Å²) in [6.45, 7) is 5.01. The van der Waals surface area contributed by atoms with Crippen molar-refractivity contribution in [3.05, 3.63) is 12.2 Å². The zero-order valence-corrected chi connectivity index (χ0v) is 8.29. The molecule has 0 spiro atoms. The van der Waals surface area contributed by atoms with E-state index in [0.717, 1.165) is 0 Å². The van der Waals surface area contributed by atoms with Crippen LogP contribution >= 0.6 is 0 Å². The molecule has 0 fully saturated rings. The molecule has 1 atom stereocenters. The van der Waals surface area contributed by atoms with Gasteiger partial charge in [0, 0.05) is 11.6 Å². The van der Waals surface area contributed by atoms with Crippen LogP contribution in [-0.4, -0.2) is 38.0 Å². The topological polar surface area (TPSA) is 72.3 Å². The Kier molecular flexibility index (Phi) is 7.78. The van der Waals surface area contributed by atoms with Gasteiger partial charge in [-0.15, -0.1) is 0 Å². The van der Waals surface area contributed by atoms with Crippen molar-refractivity contribution < 1.29 is 4.79 Å². The Hall–Kier alpha value is -0.870. The number of nitrogens with two attached hydrogens (primary N) is 2. The number of amides is 1. The van der Waals surface area contributed by atoms with Crippen molar-refractivity contribution >= 4 is 5.91 Å². The van der Waals surface area contributed by atoms with Crippen molar-refractivity contribution in [1.82, 2.24) is 4.90 Å². The first-order valence-corrected chi connectivity index (χ1v) is 3.64. The summed E-state index contributed by atoms with van der Waals surface area (Å²) >= 11 is 0. The molecule has 0 aliphatic heterocycles. The Labute approximate surface area is 74.2 Å². The fourth-order valence-electron chi connectivity index (χ4n) is 0.224. The Morgan fingerprint density at radius 3 is 1.67 bits per heavy atom. The second kappa shape index (κ2) is 6.82. The number of primary amides is 1. The summed E-state index contributed by atoms with van der Waals surface area (Å²) in [5.74, 6) is -0.528. The highest BCUT2D eigenvalue weighted by Crippen LogP contribution is 1.91. The third-order valence-electron chi connectivity index (χ3n) is 0.866. The van der Waals surface area contributed by atoms with Crippen LogP contribution in [0.15, 0.2) is 12.2 Å². The molecule has 4 N–H and O–H groups in total. The Balaban J connectivity index is 0. The van der Waals surface area contributed by atoms with Gasteiger partial charge in [-0.3, -0.25) is 4.79 Å². The molecule has 0 heterocycles. The van der Waals surface area contributed by atoms with Gasteiger partial charge in [-0.05, 0) is 28.1 Å². The van der Waals surface area contributed by atoms with Crippen molar-refractivity contribution in [2.45, 2.75) is 13.0 Å². The highest BCUT2D eigenvalue weighted by molar-refractivity contribution is 5.92. The second-order valence-electron chi connectivity index (χ2n) is 3.02. The predicted octanol–water partition coefficient (Wildman–Crippen LogP) is -0.447. The molecule has 1 amide bonds. The second-order valence-corrected chi connectivity index (χ2v) is 3.02. The number of carbonyl (C=O) groups is 1. The maximum Gasteiger partial charge on any atom is 0.245 e. The van der Waals surface area contributed by atoms with E-state index in [-0.39, 0.29) is 11.6 Å². The summed E-state index contributed by atoms with van der Waals surface area (Å²) in [7, 11) is 6.00. The molecule has 0 aromatic heterocycles. The average molecular weight is 173 g/mol. The van der Waals surface area contributed by atoms with E-state index in [2.05, 4.69) is 6.58 Å². The predicted molar refractivity (Wildman–Crippen MR) is 51.6 cm³/mol. The van der Waals surface area contributed by atoms with Crippen LogP contribution in [0.25, 0.3) is 0 Å². The Morgan fingerprint density at radius 1 is 1.42 bits per heavy atom. The quantitative estimate of drug-likeness (QED) is 0.556. The molecule has 72 valence electrons. The third-order valence-corrected chi connectivity index (χ3v) is 0.866. The van der Waals surface area contributed by atoms with Gasteiger partial charge in [-0.2, -0.15) is 0 Å². The summed E-state index contributed by atoms with van der Waals surface area (Å²) in [6, 6.07) is -0.326. The average Bonchev–Trinajstić information content (AvgIpc) is 1.84. The minimum Gasteiger partial charge on any atom is -0.366 e. The fraction of sp³-hybridized carbons (Fsp3) is 0.625. The highest BCUT2D eigenvalue weighted by atomic mass is 16.1. The molecule has 1 unspecified atom stereocenters. The van der Waals surface area contributed by atoms with E-state index >= 15 is 0 Å². The number of hydrogen-bond donors (Lipinski definition) is 2. The smallest absolute Gasteiger partial charge is 0.245 e. The lowest BCUT2D eigenvalue weighted by molar-refractivity contribution is -0.114. The molecule has 0 aromatic carbocycles. The molecular formula is C8H19N3O. The minimum absolute atomic E-state index is 0.269. The molecule has 0 aliphatic carbocycles. The largest absolute Gasteiger partial charge is 0.366 e. The van der Waals surface area contributed by atoms with Gasteiger partial charge in [-0.25, -0.2) is 0 Å². The number of nitrogens with zero attached hydrogens (tertiary/aromatic N) is 1. The summed E-state index contributed by atoms with van der Waals surface area (Å²) in [6.07, 6.45) is 0. The van der Waals surface area contributed by atoms with Crippen molar-refractivity contribution in [1.29, 1.82) is 0 Å². The van der Waals surface area contributed by atoms with Gasteiger partial charge in [0.2, 0.25) is 5.91 Å². The number of carbonyl (C=O) groups excluding carboxylic acids is 1. The molecule has 4 heteroatoms. The van der Waals surface area contributed by atoms with Crippen LogP contribution in [0.4, 0.5) is 0 Å². The van der Waals surface area contributed by atoms with E-state index in [1.807, 2.05) is 26.0 Å². The lowest BCUT2D eigenvalue weighted by Crippen LogP contribution is -2.27. The van der Waals surface area contributed by atoms with Gasteiger partial charge in [0.25, 0.3) is 0 Å². The van der Waals surface area contributed by atoms with E-state index in [9.17, 15) is 4.79 Å². The van der Waals surface area contributed by atoms with E-state index in [0.29, 0.717) is 0 Å². The van der Waals surface area contributed by atoms with Crippen LogP contribution in [0.2, 0.25) is 0 Å². The van der Waals surface area contributed by atoms with Crippen LogP contribution in [0, 0.1) is 0 Å². The molecule has 12 heavy (non-hydrogen) atoms. The van der Waals surface area contributed by atoms with Crippen molar-refractivity contribution in [3.8, 4) is 0 Å². The first kappa shape index (κ1) is 13.7. The zero-order valence-electron chi connectivity index (χ0n) is 8.29. The van der Waals surface area contributed by atoms with Gasteiger partial charge in [0.15, 0.2) is 0 Å². The lowest BCUT2D eigenvalue weighted by Gasteiger charge is -2.02. The molecule has 0 bridgehead atoms. The standard InChI is InChI=1S/C5H10N2O.C3H9N/c1-3(4(2)6)5(7)8;1-4(2)3/h4H,1,6H2,2H3,(H2,7,8);1-3H3. The van der Waals surface area contributed by atoms with Gasteiger partial charge in [0.05, 0.1) is 0 Å². The fourth-order valence-corrected chi connectivity index (χ4v) is 0.224. The minimum atomic E-state index is -0.528. The molecular weight excluding hydrogens is 154 g/mol. The van der Waals surface area contributed by atoms with Crippen LogP contribution in [-0.2, 0) is 4.79 Å². The van der Waals surface area contributed by atoms with Crippen molar-refractivity contribution in [2.24, 2.45) is 11.5 Å². The molecule has 0 saturated heterocycles. The van der Waals surface area contributed by atoms with E-state index < -0.39 is 5.91 Å². The number of hydrogen-bond acceptors (Lipinski definition) is 3. The maximum absolute atomic E-state index is 10.2. The summed E-state index contributed by atoms with van der Waals surface area (Å²) in [5, 5.41) is 0. The lowest BCUT2D eigenvalue weighted by atomic mass is 10.1. The van der Waals surface area contributed by atoms with Crippen LogP contribution in [0.5, 0.6) is 0 Å². The third kappa shape index (κ3) is 11.9. The number of rotatable bonds is 2. The molecule has 0 radical (unpaired) electrons. The SMILES string of the molecule is C=C(C(N)=O)C(C)N.CN(C)C. The van der Waals surface area contributed by atoms with Crippen molar-refractivity contribution in [2.75, 3.05) is 21.1 Å². The summed E-state index contributed by atoms with van der Waals surface area (Å²) in [4.78, 5) is 12.2. The van der Waals surface area contributed by atoms with Crippen molar-refractivity contribution in [3.63, 3.8) is 0 Å². The van der Waals surface area contributed by atoms with Gasteiger partial charge < -0.3 is 16.4 Å². The van der Waals surface area contributed by atoms with E-state index in [1.165, 1.54) is 0 Å². The van der Waals surface area contributed by atoms with Gasteiger partial charge >= 0.3 is 0 Å². The zero-order chi connectivity index (χ0) is 10.3. The van der Waals surface area contributed by atoms with Crippen LogP contribution in [0.3, 0.4) is 0 Å². The Bertz CT molecular complexity index is 150. The summed E-state index contributed by atoms with van der Waals surface area (Å²) < 4.78 is 0. The maximum atomic E-state index is 10.2. The highest BCUT2D eigenvalue weighted by Gasteiger charge is 2.04. The molecule has 0 saturated carbocycles. The monoisotopic (exact) mass is 173 g/mol. The van der Waals surface area contributed by atoms with E-state index in [1.54, 1.807) is 6.92 Å².